The molecule has 1 aromatic heterocycles. The van der Waals surface area contributed by atoms with Crippen LogP contribution in [0.5, 0.6) is 0 Å². The zero-order valence-corrected chi connectivity index (χ0v) is 7.22. The number of hydroxylamine groups is 1. The molecule has 1 aromatic rings. The first-order chi connectivity index (χ1) is 6.33. The van der Waals surface area contributed by atoms with Gasteiger partial charge in [0, 0.05) is 25.5 Å². The molecule has 1 heterocycles. The summed E-state index contributed by atoms with van der Waals surface area (Å²) in [6, 6.07) is 0. The van der Waals surface area contributed by atoms with Gasteiger partial charge in [0.1, 0.15) is 0 Å². The highest BCUT2D eigenvalue weighted by Crippen LogP contribution is 1.90. The van der Waals surface area contributed by atoms with Gasteiger partial charge in [-0.1, -0.05) is 0 Å². The van der Waals surface area contributed by atoms with Crippen LogP contribution in [-0.4, -0.2) is 27.3 Å². The summed E-state index contributed by atoms with van der Waals surface area (Å²) in [6.45, 7) is 1.43. The summed E-state index contributed by atoms with van der Waals surface area (Å²) in [5.41, 5.74) is 6.97. The predicted octanol–water partition coefficient (Wildman–Crippen LogP) is -0.433. The van der Waals surface area contributed by atoms with Crippen LogP contribution in [0.3, 0.4) is 0 Å². The molecule has 0 atom stereocenters. The Hall–Kier alpha value is -1.56. The summed E-state index contributed by atoms with van der Waals surface area (Å²) in [4.78, 5) is 7.74. The van der Waals surface area contributed by atoms with Gasteiger partial charge in [0.05, 0.1) is 6.33 Å². The van der Waals surface area contributed by atoms with Crippen molar-refractivity contribution in [2.45, 2.75) is 13.0 Å². The van der Waals surface area contributed by atoms with Crippen LogP contribution in [0.4, 0.5) is 0 Å². The number of hydrogen-bond donors (Lipinski definition) is 3. The van der Waals surface area contributed by atoms with Crippen molar-refractivity contribution in [2.24, 2.45) is 10.7 Å². The summed E-state index contributed by atoms with van der Waals surface area (Å²) in [6.07, 6.45) is 6.22. The van der Waals surface area contributed by atoms with Gasteiger partial charge in [-0.25, -0.2) is 10.5 Å². The molecule has 0 unspecified atom stereocenters. The van der Waals surface area contributed by atoms with E-state index in [1.165, 1.54) is 0 Å². The van der Waals surface area contributed by atoms with Gasteiger partial charge in [-0.15, -0.1) is 0 Å². The first-order valence-corrected chi connectivity index (χ1v) is 3.98. The second-order valence-electron chi connectivity index (χ2n) is 2.53. The van der Waals surface area contributed by atoms with Gasteiger partial charge < -0.3 is 10.3 Å². The van der Waals surface area contributed by atoms with Crippen molar-refractivity contribution in [1.82, 2.24) is 15.0 Å². The molecule has 0 aliphatic heterocycles. The number of aryl methyl sites for hydroxylation is 1. The van der Waals surface area contributed by atoms with E-state index >= 15 is 0 Å². The van der Waals surface area contributed by atoms with Crippen molar-refractivity contribution in [3.8, 4) is 0 Å². The van der Waals surface area contributed by atoms with Gasteiger partial charge in [-0.2, -0.15) is 0 Å². The molecule has 72 valence electrons. The molecular weight excluding hydrogens is 170 g/mol. The molecule has 6 nitrogen and oxygen atoms in total. The number of nitrogens with zero attached hydrogens (tertiary/aromatic N) is 3. The average Bonchev–Trinajstić information content (AvgIpc) is 2.64. The number of aromatic nitrogens is 2. The number of nitrogens with two attached hydrogens (primary N) is 1. The Morgan fingerprint density at radius 3 is 3.15 bits per heavy atom. The van der Waals surface area contributed by atoms with Gasteiger partial charge in [-0.3, -0.25) is 10.2 Å². The van der Waals surface area contributed by atoms with Crippen LogP contribution in [0.25, 0.3) is 0 Å². The molecule has 4 N–H and O–H groups in total. The molecule has 0 fully saturated rings. The zero-order valence-electron chi connectivity index (χ0n) is 7.22. The van der Waals surface area contributed by atoms with Crippen LogP contribution in [-0.2, 0) is 6.54 Å². The van der Waals surface area contributed by atoms with E-state index in [0.717, 1.165) is 13.0 Å². The van der Waals surface area contributed by atoms with Gasteiger partial charge in [0.25, 0.3) is 0 Å². The average molecular weight is 183 g/mol. The summed E-state index contributed by atoms with van der Waals surface area (Å²) >= 11 is 0. The molecule has 1 rings (SSSR count). The number of guanidine groups is 1. The predicted molar refractivity (Wildman–Crippen MR) is 48.3 cm³/mol. The molecule has 0 radical (unpaired) electrons. The summed E-state index contributed by atoms with van der Waals surface area (Å²) in [5.74, 6) is 0.0469. The fourth-order valence-corrected chi connectivity index (χ4v) is 0.907. The molecular formula is C7H13N5O. The number of rotatable bonds is 4. The van der Waals surface area contributed by atoms with Crippen molar-refractivity contribution in [1.29, 1.82) is 0 Å². The minimum Gasteiger partial charge on any atom is -0.368 e. The van der Waals surface area contributed by atoms with Crippen molar-refractivity contribution >= 4 is 5.96 Å². The summed E-state index contributed by atoms with van der Waals surface area (Å²) < 4.78 is 1.96. The number of hydrogen-bond acceptors (Lipinski definition) is 3. The van der Waals surface area contributed by atoms with E-state index in [1.807, 2.05) is 10.8 Å². The lowest BCUT2D eigenvalue weighted by Crippen LogP contribution is -2.28. The van der Waals surface area contributed by atoms with Crippen LogP contribution in [0.15, 0.2) is 23.7 Å². The largest absolute Gasteiger partial charge is 0.368 e. The lowest BCUT2D eigenvalue weighted by molar-refractivity contribution is 0.232. The van der Waals surface area contributed by atoms with E-state index in [9.17, 15) is 0 Å². The molecule has 0 aliphatic rings. The van der Waals surface area contributed by atoms with Crippen molar-refractivity contribution in [2.75, 3.05) is 6.54 Å². The second-order valence-corrected chi connectivity index (χ2v) is 2.53. The molecule has 0 amide bonds. The Kier molecular flexibility index (Phi) is 3.77. The first kappa shape index (κ1) is 9.53. The molecule has 0 aromatic carbocycles. The van der Waals surface area contributed by atoms with Crippen LogP contribution in [0.1, 0.15) is 6.42 Å². The third kappa shape index (κ3) is 3.57. The van der Waals surface area contributed by atoms with Crippen LogP contribution in [0.2, 0.25) is 0 Å². The Labute approximate surface area is 76.1 Å². The highest BCUT2D eigenvalue weighted by atomic mass is 16.5. The van der Waals surface area contributed by atoms with Crippen molar-refractivity contribution in [3.63, 3.8) is 0 Å². The standard InChI is InChI=1S/C7H13N5O/c8-7(11-13)10-2-1-4-12-5-3-9-6-12/h3,5-6,13H,1-2,4H2,(H3,8,10,11). The third-order valence-corrected chi connectivity index (χ3v) is 1.53. The molecule has 0 aliphatic carbocycles. The maximum Gasteiger partial charge on any atom is 0.212 e. The van der Waals surface area contributed by atoms with Crippen molar-refractivity contribution in [3.05, 3.63) is 18.7 Å². The van der Waals surface area contributed by atoms with Gasteiger partial charge in [0.15, 0.2) is 0 Å². The van der Waals surface area contributed by atoms with E-state index in [2.05, 4.69) is 9.98 Å². The monoisotopic (exact) mass is 183 g/mol. The highest BCUT2D eigenvalue weighted by Gasteiger charge is 1.90. The van der Waals surface area contributed by atoms with Crippen LogP contribution >= 0.6 is 0 Å². The quantitative estimate of drug-likeness (QED) is 0.256. The topological polar surface area (TPSA) is 88.5 Å². The normalized spacial score (nSPS) is 11.6. The summed E-state index contributed by atoms with van der Waals surface area (Å²) in [5, 5.41) is 8.30. The fourth-order valence-electron chi connectivity index (χ4n) is 0.907. The van der Waals surface area contributed by atoms with E-state index in [-0.39, 0.29) is 5.96 Å². The lowest BCUT2D eigenvalue weighted by Gasteiger charge is -1.99. The van der Waals surface area contributed by atoms with Crippen LogP contribution < -0.4 is 11.2 Å². The fraction of sp³-hybridized carbons (Fsp3) is 0.429. The lowest BCUT2D eigenvalue weighted by atomic mass is 10.4. The Bertz CT molecular complexity index is 256. The Morgan fingerprint density at radius 1 is 1.69 bits per heavy atom. The maximum atomic E-state index is 8.30. The van der Waals surface area contributed by atoms with E-state index in [0.29, 0.717) is 6.54 Å². The minimum absolute atomic E-state index is 0.0469. The van der Waals surface area contributed by atoms with Gasteiger partial charge in [-0.05, 0) is 6.42 Å². The van der Waals surface area contributed by atoms with E-state index in [1.54, 1.807) is 18.0 Å². The van der Waals surface area contributed by atoms with Gasteiger partial charge >= 0.3 is 0 Å². The molecule has 0 saturated heterocycles. The third-order valence-electron chi connectivity index (χ3n) is 1.53. The van der Waals surface area contributed by atoms with Crippen LogP contribution in [0, 0.1) is 0 Å². The number of imidazole rings is 1. The molecule has 0 saturated carbocycles. The highest BCUT2D eigenvalue weighted by molar-refractivity contribution is 5.76. The second kappa shape index (κ2) is 5.15. The first-order valence-electron chi connectivity index (χ1n) is 3.98. The molecule has 0 bridgehead atoms. The maximum absolute atomic E-state index is 8.30. The van der Waals surface area contributed by atoms with E-state index < -0.39 is 0 Å². The van der Waals surface area contributed by atoms with E-state index in [4.69, 9.17) is 10.9 Å². The number of aliphatic imine (C=N–C) groups is 1. The SMILES string of the molecule is NC(=NCCCn1ccnc1)NO. The van der Waals surface area contributed by atoms with Crippen molar-refractivity contribution < 1.29 is 5.21 Å². The smallest absolute Gasteiger partial charge is 0.212 e. The molecule has 13 heavy (non-hydrogen) atoms. The molecule has 0 spiro atoms. The molecule has 6 heteroatoms. The number of nitrogens with one attached hydrogen (secondary N) is 1. The zero-order chi connectivity index (χ0) is 9.52. The summed E-state index contributed by atoms with van der Waals surface area (Å²) in [7, 11) is 0. The minimum atomic E-state index is 0.0469. The Morgan fingerprint density at radius 2 is 2.54 bits per heavy atom. The Balaban J connectivity index is 2.15. The van der Waals surface area contributed by atoms with Gasteiger partial charge in [0.2, 0.25) is 5.96 Å².